The molecule has 0 fully saturated rings. The topological polar surface area (TPSA) is 54.9 Å². The average molecular weight is 240 g/mol. The number of aromatic nitrogens is 2. The Morgan fingerprint density at radius 1 is 1.53 bits per heavy atom. The van der Waals surface area contributed by atoms with E-state index in [2.05, 4.69) is 15.3 Å². The highest BCUT2D eigenvalue weighted by Crippen LogP contribution is 2.13. The Labute approximate surface area is 94.9 Å². The summed E-state index contributed by atoms with van der Waals surface area (Å²) in [6, 6.07) is 3.23. The number of halogens is 1. The molecule has 15 heavy (non-hydrogen) atoms. The molecule has 0 saturated carbocycles. The summed E-state index contributed by atoms with van der Waals surface area (Å²) in [6.45, 7) is 0. The van der Waals surface area contributed by atoms with Crippen LogP contribution in [0.3, 0.4) is 0 Å². The summed E-state index contributed by atoms with van der Waals surface area (Å²) in [4.78, 5) is 19.9. The van der Waals surface area contributed by atoms with Crippen LogP contribution in [0.15, 0.2) is 30.0 Å². The quantitative estimate of drug-likeness (QED) is 0.876. The van der Waals surface area contributed by atoms with E-state index in [9.17, 15) is 4.79 Å². The van der Waals surface area contributed by atoms with E-state index in [1.54, 1.807) is 17.6 Å². The number of nitrogens with zero attached hydrogens (tertiary/aromatic N) is 2. The van der Waals surface area contributed by atoms with Crippen LogP contribution in [0.2, 0.25) is 5.02 Å². The van der Waals surface area contributed by atoms with Gasteiger partial charge in [-0.3, -0.25) is 9.78 Å². The van der Waals surface area contributed by atoms with Crippen molar-refractivity contribution in [3.05, 3.63) is 39.9 Å². The highest BCUT2D eigenvalue weighted by atomic mass is 35.5. The lowest BCUT2D eigenvalue weighted by Gasteiger charge is -2.01. The Morgan fingerprint density at radius 2 is 2.40 bits per heavy atom. The van der Waals surface area contributed by atoms with Gasteiger partial charge in [0.05, 0.1) is 11.7 Å². The Hall–Kier alpha value is -1.46. The number of hydrogen-bond donors (Lipinski definition) is 1. The van der Waals surface area contributed by atoms with Gasteiger partial charge in [0.15, 0.2) is 0 Å². The molecule has 0 aliphatic rings. The van der Waals surface area contributed by atoms with E-state index in [0.717, 1.165) is 0 Å². The Balaban J connectivity index is 2.13. The fraction of sp³-hybridized carbons (Fsp3) is 0. The molecule has 0 spiro atoms. The second-order valence-corrected chi connectivity index (χ2v) is 4.00. The number of carbonyl (C=O) groups excluding carboxylic acids is 1. The van der Waals surface area contributed by atoms with E-state index in [4.69, 9.17) is 11.6 Å². The second kappa shape index (κ2) is 4.37. The fourth-order valence-corrected chi connectivity index (χ4v) is 1.65. The number of pyridine rings is 1. The molecule has 76 valence electrons. The minimum Gasteiger partial charge on any atom is -0.306 e. The highest BCUT2D eigenvalue weighted by Gasteiger charge is 2.07. The first-order valence-corrected chi connectivity index (χ1v) is 5.33. The van der Waals surface area contributed by atoms with Crippen LogP contribution in [0.1, 0.15) is 9.67 Å². The fourth-order valence-electron chi connectivity index (χ4n) is 0.979. The van der Waals surface area contributed by atoms with Crippen LogP contribution in [0.4, 0.5) is 5.82 Å². The smallest absolute Gasteiger partial charge is 0.268 e. The summed E-state index contributed by atoms with van der Waals surface area (Å²) in [7, 11) is 0. The van der Waals surface area contributed by atoms with Crippen molar-refractivity contribution in [2.45, 2.75) is 0 Å². The van der Waals surface area contributed by atoms with Crippen molar-refractivity contribution in [3.8, 4) is 0 Å². The van der Waals surface area contributed by atoms with Crippen molar-refractivity contribution in [1.29, 1.82) is 0 Å². The number of nitrogens with one attached hydrogen (secondary N) is 1. The lowest BCUT2D eigenvalue weighted by atomic mass is 10.4. The van der Waals surface area contributed by atoms with Crippen molar-refractivity contribution in [2.24, 2.45) is 0 Å². The number of hydrogen-bond acceptors (Lipinski definition) is 4. The van der Waals surface area contributed by atoms with Crippen LogP contribution in [0.5, 0.6) is 0 Å². The summed E-state index contributed by atoms with van der Waals surface area (Å²) in [5, 5.41) is 3.15. The number of anilines is 1. The predicted octanol–water partition coefficient (Wildman–Crippen LogP) is 2.44. The van der Waals surface area contributed by atoms with Crippen molar-refractivity contribution in [3.63, 3.8) is 0 Å². The molecule has 2 aromatic heterocycles. The highest BCUT2D eigenvalue weighted by molar-refractivity contribution is 7.11. The first kappa shape index (κ1) is 10.1. The summed E-state index contributed by atoms with van der Waals surface area (Å²) < 4.78 is 0. The van der Waals surface area contributed by atoms with Gasteiger partial charge in [0.25, 0.3) is 5.91 Å². The van der Waals surface area contributed by atoms with Gasteiger partial charge in [0, 0.05) is 11.2 Å². The maximum atomic E-state index is 11.6. The van der Waals surface area contributed by atoms with Gasteiger partial charge in [-0.05, 0) is 12.1 Å². The lowest BCUT2D eigenvalue weighted by molar-refractivity contribution is 0.103. The van der Waals surface area contributed by atoms with Crippen LogP contribution >= 0.6 is 22.9 Å². The second-order valence-electron chi connectivity index (χ2n) is 2.68. The van der Waals surface area contributed by atoms with Crippen molar-refractivity contribution >= 4 is 34.7 Å². The van der Waals surface area contributed by atoms with Gasteiger partial charge in [-0.25, -0.2) is 4.98 Å². The lowest BCUT2D eigenvalue weighted by Crippen LogP contribution is -2.11. The first-order chi connectivity index (χ1) is 7.25. The van der Waals surface area contributed by atoms with E-state index in [1.165, 1.54) is 23.7 Å². The maximum absolute atomic E-state index is 11.6. The molecule has 2 heterocycles. The number of amides is 1. The molecule has 0 radical (unpaired) electrons. The SMILES string of the molecule is O=C(Nc1cc(Cl)ccn1)c1cncs1. The molecule has 0 saturated heterocycles. The zero-order chi connectivity index (χ0) is 10.7. The van der Waals surface area contributed by atoms with E-state index < -0.39 is 0 Å². The largest absolute Gasteiger partial charge is 0.306 e. The molecule has 0 aliphatic carbocycles. The minimum absolute atomic E-state index is 0.229. The van der Waals surface area contributed by atoms with Crippen LogP contribution in [-0.2, 0) is 0 Å². The molecule has 0 aliphatic heterocycles. The van der Waals surface area contributed by atoms with E-state index >= 15 is 0 Å². The standard InChI is InChI=1S/C9H6ClN3OS/c10-6-1-2-12-8(3-6)13-9(14)7-4-11-5-15-7/h1-5H,(H,12,13,14). The van der Waals surface area contributed by atoms with Gasteiger partial charge < -0.3 is 5.32 Å². The van der Waals surface area contributed by atoms with E-state index in [-0.39, 0.29) is 5.91 Å². The van der Waals surface area contributed by atoms with Crippen LogP contribution < -0.4 is 5.32 Å². The Bertz CT molecular complexity index is 472. The Kier molecular flexibility index (Phi) is 2.94. The predicted molar refractivity (Wildman–Crippen MR) is 59.3 cm³/mol. The third kappa shape index (κ3) is 2.51. The summed E-state index contributed by atoms with van der Waals surface area (Å²) >= 11 is 7.02. The van der Waals surface area contributed by atoms with Gasteiger partial charge in [0.1, 0.15) is 10.7 Å². The zero-order valence-electron chi connectivity index (χ0n) is 7.48. The monoisotopic (exact) mass is 239 g/mol. The molecule has 0 unspecified atom stereocenters. The molecule has 0 bridgehead atoms. The summed E-state index contributed by atoms with van der Waals surface area (Å²) in [5.74, 6) is 0.202. The van der Waals surface area contributed by atoms with Crippen LogP contribution in [-0.4, -0.2) is 15.9 Å². The van der Waals surface area contributed by atoms with Crippen LogP contribution in [0, 0.1) is 0 Å². The minimum atomic E-state index is -0.229. The number of thiazole rings is 1. The van der Waals surface area contributed by atoms with Gasteiger partial charge in [-0.2, -0.15) is 0 Å². The van der Waals surface area contributed by atoms with Gasteiger partial charge in [-0.1, -0.05) is 11.6 Å². The molecule has 6 heteroatoms. The maximum Gasteiger partial charge on any atom is 0.268 e. The molecule has 1 N–H and O–H groups in total. The third-order valence-corrected chi connectivity index (χ3v) is 2.63. The third-order valence-electron chi connectivity index (χ3n) is 1.62. The number of rotatable bonds is 2. The average Bonchev–Trinajstić information content (AvgIpc) is 2.70. The molecule has 2 aromatic rings. The van der Waals surface area contributed by atoms with Gasteiger partial charge in [-0.15, -0.1) is 11.3 Å². The molecule has 2 rings (SSSR count). The summed E-state index contributed by atoms with van der Waals surface area (Å²) in [6.07, 6.45) is 3.04. The molecule has 1 amide bonds. The first-order valence-electron chi connectivity index (χ1n) is 4.07. The van der Waals surface area contributed by atoms with Gasteiger partial charge in [0.2, 0.25) is 0 Å². The normalized spacial score (nSPS) is 9.93. The number of carbonyl (C=O) groups is 1. The Morgan fingerprint density at radius 3 is 3.07 bits per heavy atom. The zero-order valence-corrected chi connectivity index (χ0v) is 9.05. The molecule has 0 aromatic carbocycles. The molecular formula is C9H6ClN3OS. The van der Waals surface area contributed by atoms with Crippen molar-refractivity contribution < 1.29 is 4.79 Å². The summed E-state index contributed by atoms with van der Waals surface area (Å²) in [5.41, 5.74) is 1.60. The molecular weight excluding hydrogens is 234 g/mol. The van der Waals surface area contributed by atoms with E-state index in [0.29, 0.717) is 15.7 Å². The molecule has 0 atom stereocenters. The molecule has 4 nitrogen and oxygen atoms in total. The van der Waals surface area contributed by atoms with Gasteiger partial charge >= 0.3 is 0 Å². The van der Waals surface area contributed by atoms with Crippen molar-refractivity contribution in [2.75, 3.05) is 5.32 Å². The van der Waals surface area contributed by atoms with Crippen LogP contribution in [0.25, 0.3) is 0 Å². The van der Waals surface area contributed by atoms with E-state index in [1.807, 2.05) is 0 Å². The van der Waals surface area contributed by atoms with Crippen molar-refractivity contribution in [1.82, 2.24) is 9.97 Å².